The number of tetrazole rings is 1. The van der Waals surface area contributed by atoms with E-state index in [0.29, 0.717) is 11.5 Å². The summed E-state index contributed by atoms with van der Waals surface area (Å²) in [7, 11) is 1.83. The minimum atomic E-state index is -0.951. The molecule has 0 unspecified atom stereocenters. The number of carboxylic acids is 1. The average Bonchev–Trinajstić information content (AvgIpc) is 2.94. The predicted molar refractivity (Wildman–Crippen MR) is 70.0 cm³/mol. The summed E-state index contributed by atoms with van der Waals surface area (Å²) in [5, 5.41) is 24.2. The van der Waals surface area contributed by atoms with Crippen LogP contribution in [0.2, 0.25) is 0 Å². The Labute approximate surface area is 113 Å². The van der Waals surface area contributed by atoms with E-state index in [1.165, 1.54) is 4.63 Å². The molecule has 0 bridgehead atoms. The molecule has 3 rings (SSSR count). The van der Waals surface area contributed by atoms with Gasteiger partial charge in [-0.05, 0) is 46.8 Å². The highest BCUT2D eigenvalue weighted by Crippen LogP contribution is 2.21. The highest BCUT2D eigenvalue weighted by atomic mass is 16.4. The number of fused-ring (bicyclic) bond motifs is 1. The molecule has 20 heavy (non-hydrogen) atoms. The summed E-state index contributed by atoms with van der Waals surface area (Å²) in [5.74, 6) is -0.305. The Morgan fingerprint density at radius 1 is 1.20 bits per heavy atom. The molecular weight excluding hydrogens is 260 g/mol. The van der Waals surface area contributed by atoms with Crippen LogP contribution >= 0.6 is 0 Å². The van der Waals surface area contributed by atoms with Gasteiger partial charge in [0.15, 0.2) is 11.5 Å². The minimum absolute atomic E-state index is 0.242. The van der Waals surface area contributed by atoms with Crippen molar-refractivity contribution >= 4 is 23.1 Å². The van der Waals surface area contributed by atoms with Crippen molar-refractivity contribution in [2.45, 2.75) is 0 Å². The fourth-order valence-electron chi connectivity index (χ4n) is 1.78. The Hall–Kier alpha value is -3.03. The number of aromatic carboxylic acids is 1. The molecule has 0 amide bonds. The highest BCUT2D eigenvalue weighted by molar-refractivity contribution is 5.88. The lowest BCUT2D eigenvalue weighted by Gasteiger charge is -2.17. The van der Waals surface area contributed by atoms with Gasteiger partial charge in [-0.15, -0.1) is 14.8 Å². The number of aromatic nitrogens is 5. The first kappa shape index (κ1) is 12.0. The highest BCUT2D eigenvalue weighted by Gasteiger charge is 2.09. The molecule has 0 spiro atoms. The number of benzene rings is 1. The number of hydrogen-bond acceptors (Lipinski definition) is 6. The number of anilines is 2. The molecule has 100 valence electrons. The van der Waals surface area contributed by atoms with Gasteiger partial charge in [-0.1, -0.05) is 0 Å². The number of carboxylic acid groups (broad SMARTS) is 1. The predicted octanol–water partition coefficient (Wildman–Crippen LogP) is 0.985. The van der Waals surface area contributed by atoms with Gasteiger partial charge >= 0.3 is 5.97 Å². The average molecular weight is 270 g/mol. The molecule has 0 aliphatic heterocycles. The second-order valence-corrected chi connectivity index (χ2v) is 4.13. The second-order valence-electron chi connectivity index (χ2n) is 4.13. The topological polar surface area (TPSA) is 96.5 Å². The molecular formula is C12H10N6O2. The van der Waals surface area contributed by atoms with Crippen molar-refractivity contribution < 1.29 is 9.90 Å². The Balaban J connectivity index is 1.94. The van der Waals surface area contributed by atoms with Crippen molar-refractivity contribution in [3.8, 4) is 0 Å². The van der Waals surface area contributed by atoms with Crippen LogP contribution in [0.25, 0.3) is 5.65 Å². The van der Waals surface area contributed by atoms with Crippen molar-refractivity contribution in [3.63, 3.8) is 0 Å². The first-order valence-electron chi connectivity index (χ1n) is 5.78. The van der Waals surface area contributed by atoms with Gasteiger partial charge in [-0.3, -0.25) is 0 Å². The van der Waals surface area contributed by atoms with E-state index in [0.717, 1.165) is 5.69 Å². The summed E-state index contributed by atoms with van der Waals surface area (Å²) in [5.41, 5.74) is 1.62. The molecule has 2 heterocycles. The Morgan fingerprint density at radius 2 is 1.95 bits per heavy atom. The van der Waals surface area contributed by atoms with E-state index < -0.39 is 5.97 Å². The Morgan fingerprint density at radius 3 is 2.65 bits per heavy atom. The van der Waals surface area contributed by atoms with Crippen LogP contribution in [0.3, 0.4) is 0 Å². The fraction of sp³-hybridized carbons (Fsp3) is 0.0833. The van der Waals surface area contributed by atoms with Crippen LogP contribution in [0.4, 0.5) is 11.5 Å². The Bertz CT molecular complexity index is 767. The molecule has 2 aromatic heterocycles. The summed E-state index contributed by atoms with van der Waals surface area (Å²) < 4.78 is 1.33. The first-order chi connectivity index (χ1) is 9.65. The maximum Gasteiger partial charge on any atom is 0.335 e. The third-order valence-electron chi connectivity index (χ3n) is 2.90. The monoisotopic (exact) mass is 270 g/mol. The maximum atomic E-state index is 10.8. The summed E-state index contributed by atoms with van der Waals surface area (Å²) in [6.45, 7) is 0. The van der Waals surface area contributed by atoms with Gasteiger partial charge in [0.1, 0.15) is 0 Å². The van der Waals surface area contributed by atoms with E-state index in [1.807, 2.05) is 11.9 Å². The van der Waals surface area contributed by atoms with Gasteiger partial charge in [0.05, 0.1) is 5.56 Å². The first-order valence-corrected chi connectivity index (χ1v) is 5.78. The molecule has 0 radical (unpaired) electrons. The van der Waals surface area contributed by atoms with E-state index in [2.05, 4.69) is 20.6 Å². The third kappa shape index (κ3) is 2.03. The fourth-order valence-corrected chi connectivity index (χ4v) is 1.78. The number of carbonyl (C=O) groups is 1. The van der Waals surface area contributed by atoms with Gasteiger partial charge in [0.25, 0.3) is 0 Å². The molecule has 8 heteroatoms. The molecule has 0 saturated heterocycles. The maximum absolute atomic E-state index is 10.8. The summed E-state index contributed by atoms with van der Waals surface area (Å²) in [4.78, 5) is 12.6. The van der Waals surface area contributed by atoms with Crippen LogP contribution < -0.4 is 4.90 Å². The smallest absolute Gasteiger partial charge is 0.335 e. The number of rotatable bonds is 3. The quantitative estimate of drug-likeness (QED) is 0.757. The van der Waals surface area contributed by atoms with Crippen LogP contribution in [0.5, 0.6) is 0 Å². The van der Waals surface area contributed by atoms with Crippen LogP contribution in [0.15, 0.2) is 36.4 Å². The molecule has 8 nitrogen and oxygen atoms in total. The summed E-state index contributed by atoms with van der Waals surface area (Å²) in [6.07, 6.45) is 0. The van der Waals surface area contributed by atoms with E-state index in [1.54, 1.807) is 36.4 Å². The zero-order valence-electron chi connectivity index (χ0n) is 10.5. The molecule has 1 aromatic carbocycles. The molecule has 1 N–H and O–H groups in total. The van der Waals surface area contributed by atoms with Crippen molar-refractivity contribution in [2.24, 2.45) is 0 Å². The normalized spacial score (nSPS) is 10.7. The molecule has 0 aliphatic carbocycles. The van der Waals surface area contributed by atoms with Gasteiger partial charge < -0.3 is 10.0 Å². The van der Waals surface area contributed by atoms with Gasteiger partial charge in [-0.2, -0.15) is 0 Å². The van der Waals surface area contributed by atoms with Crippen molar-refractivity contribution in [1.82, 2.24) is 25.3 Å². The lowest BCUT2D eigenvalue weighted by Crippen LogP contribution is -2.13. The standard InChI is InChI=1S/C12H10N6O2/c1-17(9-4-2-8(3-5-9)12(19)20)11-7-6-10-13-15-16-18(10)14-11/h2-7H,1H3,(H,19,20). The third-order valence-corrected chi connectivity index (χ3v) is 2.90. The van der Waals surface area contributed by atoms with E-state index in [-0.39, 0.29) is 5.56 Å². The minimum Gasteiger partial charge on any atom is -0.478 e. The van der Waals surface area contributed by atoms with Crippen LogP contribution in [0, 0.1) is 0 Å². The van der Waals surface area contributed by atoms with Crippen LogP contribution in [-0.4, -0.2) is 43.4 Å². The number of hydrogen-bond donors (Lipinski definition) is 1. The summed E-state index contributed by atoms with van der Waals surface area (Å²) >= 11 is 0. The molecule has 0 fully saturated rings. The van der Waals surface area contributed by atoms with Gasteiger partial charge in [0.2, 0.25) is 0 Å². The largest absolute Gasteiger partial charge is 0.478 e. The van der Waals surface area contributed by atoms with Crippen molar-refractivity contribution in [2.75, 3.05) is 11.9 Å². The molecule has 3 aromatic rings. The Kier molecular flexibility index (Phi) is 2.75. The zero-order chi connectivity index (χ0) is 14.1. The number of nitrogens with zero attached hydrogens (tertiary/aromatic N) is 6. The van der Waals surface area contributed by atoms with Crippen LogP contribution in [0.1, 0.15) is 10.4 Å². The second kappa shape index (κ2) is 4.57. The lowest BCUT2D eigenvalue weighted by molar-refractivity contribution is 0.0697. The molecule has 0 atom stereocenters. The SMILES string of the molecule is CN(c1ccc(C(=O)O)cc1)c1ccc2nnnn2n1. The van der Waals surface area contributed by atoms with Crippen LogP contribution in [-0.2, 0) is 0 Å². The lowest BCUT2D eigenvalue weighted by atomic mass is 10.2. The van der Waals surface area contributed by atoms with E-state index in [4.69, 9.17) is 5.11 Å². The molecule has 0 saturated carbocycles. The van der Waals surface area contributed by atoms with Crippen molar-refractivity contribution in [1.29, 1.82) is 0 Å². The molecule has 0 aliphatic rings. The summed E-state index contributed by atoms with van der Waals surface area (Å²) in [6, 6.07) is 10.1. The van der Waals surface area contributed by atoms with Gasteiger partial charge in [0, 0.05) is 12.7 Å². The van der Waals surface area contributed by atoms with E-state index in [9.17, 15) is 4.79 Å². The zero-order valence-corrected chi connectivity index (χ0v) is 10.5. The van der Waals surface area contributed by atoms with E-state index >= 15 is 0 Å². The van der Waals surface area contributed by atoms with Crippen molar-refractivity contribution in [3.05, 3.63) is 42.0 Å². The van der Waals surface area contributed by atoms with Gasteiger partial charge in [-0.25, -0.2) is 4.79 Å².